The highest BCUT2D eigenvalue weighted by Crippen LogP contribution is 2.29. The Balaban J connectivity index is 0.000000231. The monoisotopic (exact) mass is 382 g/mol. The standard InChI is InChI=1S/C9H11BrFN.C9H10FN/c1-5(2)7-3-6(11)4-8(10)9(7)12;1-6(2)8-5-7(10)3-4-9(8)11/h3-5H,12H2,1-2H3;3-5H,1,11H2,2H3. The van der Waals surface area contributed by atoms with Gasteiger partial charge >= 0.3 is 0 Å². The van der Waals surface area contributed by atoms with Crippen LogP contribution in [0.4, 0.5) is 20.2 Å². The summed E-state index contributed by atoms with van der Waals surface area (Å²) in [5.74, 6) is -0.283. The second-order valence-electron chi connectivity index (χ2n) is 5.56. The topological polar surface area (TPSA) is 52.0 Å². The van der Waals surface area contributed by atoms with Crippen molar-refractivity contribution in [3.05, 3.63) is 64.1 Å². The third-order valence-electron chi connectivity index (χ3n) is 3.22. The van der Waals surface area contributed by atoms with Crippen LogP contribution < -0.4 is 11.5 Å². The van der Waals surface area contributed by atoms with E-state index in [1.54, 1.807) is 13.0 Å². The molecule has 0 aliphatic rings. The highest BCUT2D eigenvalue weighted by Gasteiger charge is 2.08. The molecule has 0 atom stereocenters. The van der Waals surface area contributed by atoms with Crippen molar-refractivity contribution in [2.24, 2.45) is 0 Å². The number of hydrogen-bond donors (Lipinski definition) is 2. The van der Waals surface area contributed by atoms with Crippen LogP contribution in [0.5, 0.6) is 0 Å². The molecule has 0 aliphatic heterocycles. The van der Waals surface area contributed by atoms with Gasteiger partial charge in [-0.3, -0.25) is 0 Å². The summed E-state index contributed by atoms with van der Waals surface area (Å²) in [4.78, 5) is 0. The van der Waals surface area contributed by atoms with Crippen LogP contribution in [0.2, 0.25) is 0 Å². The summed E-state index contributed by atoms with van der Waals surface area (Å²) in [6.45, 7) is 9.44. The van der Waals surface area contributed by atoms with E-state index in [0.717, 1.165) is 11.1 Å². The molecule has 124 valence electrons. The number of nitrogen functional groups attached to an aromatic ring is 2. The molecular formula is C18H21BrF2N2. The van der Waals surface area contributed by atoms with Crippen LogP contribution >= 0.6 is 15.9 Å². The number of nitrogens with two attached hydrogens (primary N) is 2. The van der Waals surface area contributed by atoms with Gasteiger partial charge in [-0.2, -0.15) is 0 Å². The molecular weight excluding hydrogens is 362 g/mol. The fraction of sp³-hybridized carbons (Fsp3) is 0.222. The van der Waals surface area contributed by atoms with E-state index in [1.807, 2.05) is 13.8 Å². The largest absolute Gasteiger partial charge is 0.398 e. The Morgan fingerprint density at radius 1 is 1.09 bits per heavy atom. The van der Waals surface area contributed by atoms with Crippen molar-refractivity contribution in [1.82, 2.24) is 0 Å². The van der Waals surface area contributed by atoms with E-state index >= 15 is 0 Å². The Morgan fingerprint density at radius 3 is 2.17 bits per heavy atom. The third-order valence-corrected chi connectivity index (χ3v) is 3.88. The average Bonchev–Trinajstić information content (AvgIpc) is 2.45. The van der Waals surface area contributed by atoms with E-state index in [9.17, 15) is 8.78 Å². The minimum Gasteiger partial charge on any atom is -0.398 e. The summed E-state index contributed by atoms with van der Waals surface area (Å²) in [6, 6.07) is 7.12. The molecule has 0 saturated carbocycles. The lowest BCUT2D eigenvalue weighted by molar-refractivity contribution is 0.623. The molecule has 0 saturated heterocycles. The summed E-state index contributed by atoms with van der Waals surface area (Å²) >= 11 is 3.20. The minimum absolute atomic E-state index is 0.247. The van der Waals surface area contributed by atoms with E-state index in [2.05, 4.69) is 22.5 Å². The second-order valence-corrected chi connectivity index (χ2v) is 6.41. The number of halogens is 3. The van der Waals surface area contributed by atoms with Gasteiger partial charge in [-0.1, -0.05) is 20.4 Å². The summed E-state index contributed by atoms with van der Waals surface area (Å²) in [5, 5.41) is 0. The first kappa shape index (κ1) is 19.2. The lowest BCUT2D eigenvalue weighted by Gasteiger charge is -2.10. The fourth-order valence-electron chi connectivity index (χ4n) is 1.98. The quantitative estimate of drug-likeness (QED) is 0.651. The number of anilines is 2. The maximum Gasteiger partial charge on any atom is 0.124 e. The molecule has 2 rings (SSSR count). The summed E-state index contributed by atoms with van der Waals surface area (Å²) < 4.78 is 26.1. The van der Waals surface area contributed by atoms with Gasteiger partial charge in [0.25, 0.3) is 0 Å². The van der Waals surface area contributed by atoms with E-state index in [0.29, 0.717) is 21.4 Å². The van der Waals surface area contributed by atoms with Gasteiger partial charge in [-0.25, -0.2) is 8.78 Å². The van der Waals surface area contributed by atoms with Crippen LogP contribution in [0, 0.1) is 11.6 Å². The molecule has 2 aromatic rings. The molecule has 2 aromatic carbocycles. The van der Waals surface area contributed by atoms with Crippen molar-refractivity contribution < 1.29 is 8.78 Å². The molecule has 0 heterocycles. The molecule has 0 aromatic heterocycles. The Labute approximate surface area is 144 Å². The van der Waals surface area contributed by atoms with Crippen LogP contribution in [-0.2, 0) is 0 Å². The maximum absolute atomic E-state index is 12.9. The fourth-order valence-corrected chi connectivity index (χ4v) is 2.43. The Kier molecular flexibility index (Phi) is 6.76. The number of hydrogen-bond acceptors (Lipinski definition) is 2. The molecule has 0 fully saturated rings. The van der Waals surface area contributed by atoms with E-state index in [-0.39, 0.29) is 17.6 Å². The molecule has 0 bridgehead atoms. The first-order chi connectivity index (χ1) is 10.6. The second kappa shape index (κ2) is 8.11. The summed E-state index contributed by atoms with van der Waals surface area (Å²) in [7, 11) is 0. The van der Waals surface area contributed by atoms with Crippen LogP contribution in [0.1, 0.15) is 37.8 Å². The third kappa shape index (κ3) is 5.36. The van der Waals surface area contributed by atoms with Gasteiger partial charge in [-0.05, 0) is 70.2 Å². The smallest absolute Gasteiger partial charge is 0.124 e. The molecule has 4 N–H and O–H groups in total. The van der Waals surface area contributed by atoms with Gasteiger partial charge in [0.05, 0.1) is 0 Å². The van der Waals surface area contributed by atoms with Gasteiger partial charge in [0.15, 0.2) is 0 Å². The van der Waals surface area contributed by atoms with Crippen molar-refractivity contribution in [3.63, 3.8) is 0 Å². The summed E-state index contributed by atoms with van der Waals surface area (Å²) in [6.07, 6.45) is 0. The van der Waals surface area contributed by atoms with Gasteiger partial charge in [0.2, 0.25) is 0 Å². The lowest BCUT2D eigenvalue weighted by Crippen LogP contribution is -1.98. The lowest BCUT2D eigenvalue weighted by atomic mass is 10.0. The average molecular weight is 383 g/mol. The van der Waals surface area contributed by atoms with Crippen molar-refractivity contribution in [2.75, 3.05) is 11.5 Å². The zero-order valence-corrected chi connectivity index (χ0v) is 15.0. The molecule has 0 spiro atoms. The van der Waals surface area contributed by atoms with Crippen LogP contribution in [0.25, 0.3) is 5.57 Å². The molecule has 5 heteroatoms. The van der Waals surface area contributed by atoms with Crippen LogP contribution in [0.15, 0.2) is 41.4 Å². The molecule has 0 radical (unpaired) electrons. The Morgan fingerprint density at radius 2 is 1.70 bits per heavy atom. The van der Waals surface area contributed by atoms with Gasteiger partial charge in [0, 0.05) is 21.4 Å². The van der Waals surface area contributed by atoms with E-state index < -0.39 is 0 Å². The molecule has 0 unspecified atom stereocenters. The molecule has 2 nitrogen and oxygen atoms in total. The maximum atomic E-state index is 12.9. The SMILES string of the molecule is C=C(C)c1cc(F)ccc1N.CC(C)c1cc(F)cc(Br)c1N. The zero-order chi connectivity index (χ0) is 17.7. The minimum atomic E-state index is -0.280. The van der Waals surface area contributed by atoms with Gasteiger partial charge in [-0.15, -0.1) is 0 Å². The molecule has 23 heavy (non-hydrogen) atoms. The molecule has 0 aliphatic carbocycles. The van der Waals surface area contributed by atoms with Gasteiger partial charge in [0.1, 0.15) is 11.6 Å². The Hall–Kier alpha value is -1.88. The van der Waals surface area contributed by atoms with Crippen molar-refractivity contribution in [3.8, 4) is 0 Å². The van der Waals surface area contributed by atoms with E-state index in [4.69, 9.17) is 11.5 Å². The van der Waals surface area contributed by atoms with Crippen LogP contribution in [-0.4, -0.2) is 0 Å². The normalized spacial score (nSPS) is 10.2. The van der Waals surface area contributed by atoms with Gasteiger partial charge < -0.3 is 11.5 Å². The van der Waals surface area contributed by atoms with Crippen LogP contribution in [0.3, 0.4) is 0 Å². The van der Waals surface area contributed by atoms with Crippen molar-refractivity contribution in [1.29, 1.82) is 0 Å². The molecule has 0 amide bonds. The first-order valence-corrected chi connectivity index (χ1v) is 7.88. The van der Waals surface area contributed by atoms with Crippen molar-refractivity contribution in [2.45, 2.75) is 26.7 Å². The predicted molar refractivity (Wildman–Crippen MR) is 98.1 cm³/mol. The summed E-state index contributed by atoms with van der Waals surface area (Å²) in [5.41, 5.74) is 14.8. The zero-order valence-electron chi connectivity index (χ0n) is 13.5. The van der Waals surface area contributed by atoms with Crippen molar-refractivity contribution >= 4 is 32.9 Å². The number of benzene rings is 2. The van der Waals surface area contributed by atoms with E-state index in [1.165, 1.54) is 24.3 Å². The number of rotatable bonds is 2. The first-order valence-electron chi connectivity index (χ1n) is 7.08. The highest BCUT2D eigenvalue weighted by atomic mass is 79.9. The number of allylic oxidation sites excluding steroid dienone is 1. The predicted octanol–water partition coefficient (Wildman–Crippen LogP) is 5.73. The Bertz CT molecular complexity index is 712. The highest BCUT2D eigenvalue weighted by molar-refractivity contribution is 9.10.